The number of hydrogen-bond donors (Lipinski definition) is 2. The highest BCUT2D eigenvalue weighted by Crippen LogP contribution is 2.30. The Morgan fingerprint density at radius 1 is 1.36 bits per heavy atom. The molecule has 1 atom stereocenters. The van der Waals surface area contributed by atoms with E-state index in [-0.39, 0.29) is 11.6 Å². The van der Waals surface area contributed by atoms with E-state index in [0.717, 1.165) is 32.5 Å². The third-order valence-corrected chi connectivity index (χ3v) is 3.77. The van der Waals surface area contributed by atoms with Crippen LogP contribution >= 0.6 is 0 Å². The van der Waals surface area contributed by atoms with Crippen LogP contribution in [0, 0.1) is 0 Å². The minimum absolute atomic E-state index is 0.0905. The highest BCUT2D eigenvalue weighted by atomic mass is 16.3. The summed E-state index contributed by atoms with van der Waals surface area (Å²) in [6, 6.07) is 0. The maximum absolute atomic E-state index is 9.38. The summed E-state index contributed by atoms with van der Waals surface area (Å²) in [5.41, 5.74) is 6.40. The van der Waals surface area contributed by atoms with Crippen LogP contribution in [0.4, 0.5) is 0 Å². The number of β-amino-alcohol motifs (C(OH)–C–C–N with tert-alkyl or cyclic N) is 1. The minimum Gasteiger partial charge on any atom is -0.392 e. The summed E-state index contributed by atoms with van der Waals surface area (Å²) in [6.07, 6.45) is 6.97. The smallest absolute Gasteiger partial charge is 0.0679 e. The maximum Gasteiger partial charge on any atom is 0.0679 e. The van der Waals surface area contributed by atoms with Gasteiger partial charge in [0.1, 0.15) is 0 Å². The van der Waals surface area contributed by atoms with E-state index >= 15 is 0 Å². The van der Waals surface area contributed by atoms with Crippen molar-refractivity contribution >= 4 is 0 Å². The van der Waals surface area contributed by atoms with E-state index < -0.39 is 0 Å². The van der Waals surface area contributed by atoms with Gasteiger partial charge in [-0.2, -0.15) is 0 Å². The Hall–Kier alpha value is -0.120. The van der Waals surface area contributed by atoms with Gasteiger partial charge in [0.05, 0.1) is 6.10 Å². The molecule has 0 aromatic rings. The summed E-state index contributed by atoms with van der Waals surface area (Å²) in [6.45, 7) is 2.99. The summed E-state index contributed by atoms with van der Waals surface area (Å²) in [4.78, 5) is 2.34. The number of likely N-dealkylation sites (tertiary alicyclic amines) is 1. The molecule has 2 aliphatic rings. The van der Waals surface area contributed by atoms with Crippen molar-refractivity contribution in [3.05, 3.63) is 0 Å². The van der Waals surface area contributed by atoms with Crippen LogP contribution in [0.3, 0.4) is 0 Å². The third-order valence-electron chi connectivity index (χ3n) is 3.77. The zero-order chi connectivity index (χ0) is 10.0. The van der Waals surface area contributed by atoms with Gasteiger partial charge in [0, 0.05) is 18.6 Å². The van der Waals surface area contributed by atoms with Gasteiger partial charge in [0.2, 0.25) is 0 Å². The predicted molar refractivity (Wildman–Crippen MR) is 57.1 cm³/mol. The topological polar surface area (TPSA) is 49.5 Å². The summed E-state index contributed by atoms with van der Waals surface area (Å²) < 4.78 is 0. The molecule has 1 saturated heterocycles. The summed E-state index contributed by atoms with van der Waals surface area (Å²) in [5.74, 6) is 0. The predicted octanol–water partition coefficient (Wildman–Crippen LogP) is 0.715. The van der Waals surface area contributed by atoms with E-state index in [0.29, 0.717) is 0 Å². The normalized spacial score (nSPS) is 32.6. The van der Waals surface area contributed by atoms with Crippen molar-refractivity contribution in [3.8, 4) is 0 Å². The van der Waals surface area contributed by atoms with Crippen molar-refractivity contribution < 1.29 is 5.11 Å². The number of hydrogen-bond acceptors (Lipinski definition) is 3. The average Bonchev–Trinajstić information content (AvgIpc) is 2.73. The van der Waals surface area contributed by atoms with Crippen LogP contribution in [-0.4, -0.2) is 41.3 Å². The van der Waals surface area contributed by atoms with Crippen LogP contribution in [0.5, 0.6) is 0 Å². The molecule has 0 spiro atoms. The highest BCUT2D eigenvalue weighted by molar-refractivity contribution is 4.90. The lowest BCUT2D eigenvalue weighted by atomic mass is 9.94. The summed E-state index contributed by atoms with van der Waals surface area (Å²) in [5, 5.41) is 9.38. The second-order valence-corrected chi connectivity index (χ2v) is 5.06. The fourth-order valence-corrected chi connectivity index (χ4v) is 2.73. The Morgan fingerprint density at radius 3 is 2.64 bits per heavy atom. The first-order valence-corrected chi connectivity index (χ1v) is 5.87. The molecule has 3 nitrogen and oxygen atoms in total. The van der Waals surface area contributed by atoms with Crippen LogP contribution in [0.15, 0.2) is 0 Å². The van der Waals surface area contributed by atoms with Crippen LogP contribution < -0.4 is 5.73 Å². The maximum atomic E-state index is 9.38. The molecule has 0 aromatic heterocycles. The van der Waals surface area contributed by atoms with Crippen LogP contribution in [0.2, 0.25) is 0 Å². The molecular formula is C11H22N2O. The quantitative estimate of drug-likeness (QED) is 0.702. The number of aliphatic hydroxyl groups excluding tert-OH is 1. The van der Waals surface area contributed by atoms with Gasteiger partial charge in [-0.25, -0.2) is 0 Å². The SMILES string of the molecule is NC1(CCN2CCC(O)C2)CCCC1. The molecule has 3 heteroatoms. The van der Waals surface area contributed by atoms with Gasteiger partial charge in [-0.3, -0.25) is 0 Å². The monoisotopic (exact) mass is 198 g/mol. The molecule has 14 heavy (non-hydrogen) atoms. The molecular weight excluding hydrogens is 176 g/mol. The lowest BCUT2D eigenvalue weighted by Crippen LogP contribution is -2.40. The molecule has 1 aliphatic heterocycles. The van der Waals surface area contributed by atoms with Crippen LogP contribution in [-0.2, 0) is 0 Å². The second-order valence-electron chi connectivity index (χ2n) is 5.06. The fourth-order valence-electron chi connectivity index (χ4n) is 2.73. The standard InChI is InChI=1S/C11H22N2O/c12-11(4-1-2-5-11)6-8-13-7-3-10(14)9-13/h10,14H,1-9,12H2. The zero-order valence-corrected chi connectivity index (χ0v) is 8.91. The average molecular weight is 198 g/mol. The van der Waals surface area contributed by atoms with Crippen LogP contribution in [0.25, 0.3) is 0 Å². The number of rotatable bonds is 3. The van der Waals surface area contributed by atoms with Gasteiger partial charge < -0.3 is 15.7 Å². The second kappa shape index (κ2) is 4.17. The molecule has 1 heterocycles. The van der Waals surface area contributed by atoms with E-state index in [2.05, 4.69) is 4.90 Å². The minimum atomic E-state index is -0.0905. The first kappa shape index (κ1) is 10.4. The van der Waals surface area contributed by atoms with Gasteiger partial charge in [-0.05, 0) is 32.2 Å². The van der Waals surface area contributed by atoms with Crippen LogP contribution in [0.1, 0.15) is 38.5 Å². The van der Waals surface area contributed by atoms with Gasteiger partial charge in [-0.1, -0.05) is 12.8 Å². The van der Waals surface area contributed by atoms with Crippen molar-refractivity contribution in [2.45, 2.75) is 50.2 Å². The van der Waals surface area contributed by atoms with E-state index in [1.165, 1.54) is 25.7 Å². The Kier molecular flexibility index (Phi) is 3.10. The Balaban J connectivity index is 1.71. The van der Waals surface area contributed by atoms with Crippen molar-refractivity contribution in [2.24, 2.45) is 5.73 Å². The Bertz CT molecular complexity index is 190. The molecule has 3 N–H and O–H groups in total. The molecule has 2 rings (SSSR count). The van der Waals surface area contributed by atoms with Gasteiger partial charge in [0.15, 0.2) is 0 Å². The van der Waals surface area contributed by atoms with Gasteiger partial charge in [0.25, 0.3) is 0 Å². The third kappa shape index (κ3) is 2.47. The molecule has 0 aromatic carbocycles. The van der Waals surface area contributed by atoms with E-state index in [1.54, 1.807) is 0 Å². The lowest BCUT2D eigenvalue weighted by molar-refractivity contribution is 0.172. The Morgan fingerprint density at radius 2 is 2.07 bits per heavy atom. The number of nitrogens with zero attached hydrogens (tertiary/aromatic N) is 1. The molecule has 82 valence electrons. The zero-order valence-electron chi connectivity index (χ0n) is 8.91. The van der Waals surface area contributed by atoms with Crippen molar-refractivity contribution in [3.63, 3.8) is 0 Å². The Labute approximate surface area is 86.3 Å². The van der Waals surface area contributed by atoms with Gasteiger partial charge in [-0.15, -0.1) is 0 Å². The lowest BCUT2D eigenvalue weighted by Gasteiger charge is -2.26. The molecule has 1 saturated carbocycles. The van der Waals surface area contributed by atoms with Gasteiger partial charge >= 0.3 is 0 Å². The molecule has 0 radical (unpaired) electrons. The fraction of sp³-hybridized carbons (Fsp3) is 1.00. The molecule has 1 unspecified atom stereocenters. The molecule has 0 amide bonds. The molecule has 0 bridgehead atoms. The van der Waals surface area contributed by atoms with E-state index in [4.69, 9.17) is 5.73 Å². The molecule has 1 aliphatic carbocycles. The molecule has 2 fully saturated rings. The highest BCUT2D eigenvalue weighted by Gasteiger charge is 2.30. The van der Waals surface area contributed by atoms with E-state index in [1.807, 2.05) is 0 Å². The first-order valence-electron chi connectivity index (χ1n) is 5.87. The van der Waals surface area contributed by atoms with Crippen molar-refractivity contribution in [1.82, 2.24) is 4.90 Å². The number of nitrogens with two attached hydrogens (primary N) is 1. The van der Waals surface area contributed by atoms with Crippen molar-refractivity contribution in [1.29, 1.82) is 0 Å². The van der Waals surface area contributed by atoms with Crippen molar-refractivity contribution in [2.75, 3.05) is 19.6 Å². The number of aliphatic hydroxyl groups is 1. The largest absolute Gasteiger partial charge is 0.392 e. The first-order chi connectivity index (χ1) is 6.68. The summed E-state index contributed by atoms with van der Waals surface area (Å²) in [7, 11) is 0. The van der Waals surface area contributed by atoms with E-state index in [9.17, 15) is 5.11 Å². The summed E-state index contributed by atoms with van der Waals surface area (Å²) >= 11 is 0.